The predicted octanol–water partition coefficient (Wildman–Crippen LogP) is 2.90. The molecular formula is C11H14N2. The summed E-state index contributed by atoms with van der Waals surface area (Å²) in [7, 11) is 0. The van der Waals surface area contributed by atoms with E-state index >= 15 is 0 Å². The largest absolute Gasteiger partial charge is 0.237 e. The van der Waals surface area contributed by atoms with Crippen LogP contribution in [0.1, 0.15) is 20.8 Å². The highest BCUT2D eigenvalue weighted by Gasteiger charge is 2.01. The number of rotatable bonds is 1. The maximum Gasteiger partial charge on any atom is 0.158 e. The second-order valence-corrected chi connectivity index (χ2v) is 3.04. The van der Waals surface area contributed by atoms with E-state index in [1.54, 1.807) is 6.21 Å². The summed E-state index contributed by atoms with van der Waals surface area (Å²) in [5.41, 5.74) is 2.24. The fraction of sp³-hybridized carbons (Fsp3) is 0.273. The van der Waals surface area contributed by atoms with E-state index < -0.39 is 0 Å². The van der Waals surface area contributed by atoms with E-state index in [1.807, 2.05) is 45.2 Å². The van der Waals surface area contributed by atoms with E-state index in [9.17, 15) is 0 Å². The maximum absolute atomic E-state index is 4.27. The summed E-state index contributed by atoms with van der Waals surface area (Å²) >= 11 is 0. The molecule has 1 rings (SSSR count). The lowest BCUT2D eigenvalue weighted by Crippen LogP contribution is -2.00. The smallest absolute Gasteiger partial charge is 0.158 e. The van der Waals surface area contributed by atoms with Crippen molar-refractivity contribution in [3.63, 3.8) is 0 Å². The van der Waals surface area contributed by atoms with E-state index in [4.69, 9.17) is 0 Å². The molecule has 0 radical (unpaired) electrons. The molecule has 0 bridgehead atoms. The van der Waals surface area contributed by atoms with E-state index in [2.05, 4.69) is 9.98 Å². The minimum absolute atomic E-state index is 0.784. The van der Waals surface area contributed by atoms with Crippen molar-refractivity contribution in [2.75, 3.05) is 0 Å². The SMILES string of the molecule is C/C=C1/C=CC=NC1=NC=C(C)C. The van der Waals surface area contributed by atoms with Crippen molar-refractivity contribution >= 4 is 12.1 Å². The average Bonchev–Trinajstić information content (AvgIpc) is 2.15. The van der Waals surface area contributed by atoms with E-state index in [0.717, 1.165) is 11.4 Å². The van der Waals surface area contributed by atoms with E-state index in [1.165, 1.54) is 5.57 Å². The average molecular weight is 174 g/mol. The van der Waals surface area contributed by atoms with Crippen molar-refractivity contribution in [1.29, 1.82) is 0 Å². The molecule has 68 valence electrons. The number of nitrogens with zero attached hydrogens (tertiary/aromatic N) is 2. The Morgan fingerprint density at radius 1 is 1.46 bits per heavy atom. The zero-order valence-electron chi connectivity index (χ0n) is 8.28. The summed E-state index contributed by atoms with van der Waals surface area (Å²) in [5.74, 6) is 0.784. The minimum Gasteiger partial charge on any atom is -0.237 e. The van der Waals surface area contributed by atoms with Gasteiger partial charge < -0.3 is 0 Å². The van der Waals surface area contributed by atoms with Crippen molar-refractivity contribution in [3.05, 3.63) is 35.6 Å². The molecule has 0 fully saturated rings. The van der Waals surface area contributed by atoms with Gasteiger partial charge in [-0.05, 0) is 32.9 Å². The van der Waals surface area contributed by atoms with Crippen LogP contribution in [0.5, 0.6) is 0 Å². The lowest BCUT2D eigenvalue weighted by Gasteiger charge is -2.03. The zero-order chi connectivity index (χ0) is 9.68. The van der Waals surface area contributed by atoms with Crippen molar-refractivity contribution in [3.8, 4) is 0 Å². The number of hydrogen-bond donors (Lipinski definition) is 0. The van der Waals surface area contributed by atoms with E-state index in [-0.39, 0.29) is 0 Å². The minimum atomic E-state index is 0.784. The summed E-state index contributed by atoms with van der Waals surface area (Å²) in [5, 5.41) is 0. The van der Waals surface area contributed by atoms with Crippen molar-refractivity contribution in [1.82, 2.24) is 0 Å². The molecule has 0 saturated heterocycles. The van der Waals surface area contributed by atoms with Gasteiger partial charge in [-0.25, -0.2) is 9.98 Å². The van der Waals surface area contributed by atoms with Crippen LogP contribution in [0.3, 0.4) is 0 Å². The fourth-order valence-electron chi connectivity index (χ4n) is 0.933. The Bertz CT molecular complexity index is 324. The molecule has 0 aromatic heterocycles. The van der Waals surface area contributed by atoms with Crippen LogP contribution in [0.15, 0.2) is 45.6 Å². The molecule has 1 heterocycles. The second-order valence-electron chi connectivity index (χ2n) is 3.04. The van der Waals surface area contributed by atoms with Gasteiger partial charge in [-0.2, -0.15) is 0 Å². The molecule has 2 nitrogen and oxygen atoms in total. The number of dihydropyridines is 1. The Labute approximate surface area is 79.1 Å². The summed E-state index contributed by atoms with van der Waals surface area (Å²) in [6.45, 7) is 6.02. The Morgan fingerprint density at radius 3 is 2.85 bits per heavy atom. The molecule has 1 aliphatic rings. The third kappa shape index (κ3) is 2.82. The number of allylic oxidation sites excluding steroid dienone is 3. The molecule has 0 saturated carbocycles. The van der Waals surface area contributed by atoms with Gasteiger partial charge in [0.25, 0.3) is 0 Å². The lowest BCUT2D eigenvalue weighted by molar-refractivity contribution is 1.32. The number of hydrogen-bond acceptors (Lipinski definition) is 1. The second kappa shape index (κ2) is 4.55. The van der Waals surface area contributed by atoms with Gasteiger partial charge in [0.1, 0.15) is 0 Å². The molecule has 0 atom stereocenters. The van der Waals surface area contributed by atoms with Gasteiger partial charge >= 0.3 is 0 Å². The van der Waals surface area contributed by atoms with Gasteiger partial charge in [0.05, 0.1) is 0 Å². The van der Waals surface area contributed by atoms with Crippen LogP contribution in [0.2, 0.25) is 0 Å². The van der Waals surface area contributed by atoms with Gasteiger partial charge in [0.2, 0.25) is 0 Å². The van der Waals surface area contributed by atoms with Crippen LogP contribution < -0.4 is 0 Å². The highest BCUT2D eigenvalue weighted by Crippen LogP contribution is 2.06. The predicted molar refractivity (Wildman–Crippen MR) is 58.3 cm³/mol. The summed E-state index contributed by atoms with van der Waals surface area (Å²) < 4.78 is 0. The highest BCUT2D eigenvalue weighted by atomic mass is 14.9. The summed E-state index contributed by atoms with van der Waals surface area (Å²) in [6, 6.07) is 0. The first kappa shape index (κ1) is 9.65. The van der Waals surface area contributed by atoms with Crippen molar-refractivity contribution in [2.24, 2.45) is 9.98 Å². The maximum atomic E-state index is 4.27. The third-order valence-corrected chi connectivity index (χ3v) is 1.57. The van der Waals surface area contributed by atoms with Crippen LogP contribution >= 0.6 is 0 Å². The molecule has 0 spiro atoms. The molecule has 1 aliphatic heterocycles. The Kier molecular flexibility index (Phi) is 3.38. The van der Waals surface area contributed by atoms with Gasteiger partial charge in [0.15, 0.2) is 5.84 Å². The Morgan fingerprint density at radius 2 is 2.23 bits per heavy atom. The van der Waals surface area contributed by atoms with Gasteiger partial charge in [-0.15, -0.1) is 0 Å². The zero-order valence-corrected chi connectivity index (χ0v) is 8.28. The van der Waals surface area contributed by atoms with Crippen molar-refractivity contribution < 1.29 is 0 Å². The Hall–Kier alpha value is -1.44. The van der Waals surface area contributed by atoms with Gasteiger partial charge in [-0.1, -0.05) is 11.6 Å². The fourth-order valence-corrected chi connectivity index (χ4v) is 0.933. The van der Waals surface area contributed by atoms with Crippen molar-refractivity contribution in [2.45, 2.75) is 20.8 Å². The summed E-state index contributed by atoms with van der Waals surface area (Å²) in [6.07, 6.45) is 9.51. The van der Waals surface area contributed by atoms with Crippen LogP contribution in [-0.4, -0.2) is 12.1 Å². The van der Waals surface area contributed by atoms with Gasteiger partial charge in [0, 0.05) is 18.0 Å². The molecule has 0 aliphatic carbocycles. The third-order valence-electron chi connectivity index (χ3n) is 1.57. The molecule has 0 amide bonds. The van der Waals surface area contributed by atoms with Crippen LogP contribution in [-0.2, 0) is 0 Å². The lowest BCUT2D eigenvalue weighted by atomic mass is 10.2. The first-order valence-electron chi connectivity index (χ1n) is 4.32. The molecule has 0 aromatic rings. The highest BCUT2D eigenvalue weighted by molar-refractivity contribution is 6.08. The van der Waals surface area contributed by atoms with Crippen LogP contribution in [0.4, 0.5) is 0 Å². The van der Waals surface area contributed by atoms with E-state index in [0.29, 0.717) is 0 Å². The standard InChI is InChI=1S/C11H14N2/c1-4-10-6-5-7-12-11(10)13-8-9(2)3/h4-8H,1-3H3/b10-4-,13-11?. The molecule has 2 heteroatoms. The number of amidine groups is 1. The molecule has 0 unspecified atom stereocenters. The monoisotopic (exact) mass is 174 g/mol. The molecule has 13 heavy (non-hydrogen) atoms. The number of aliphatic imine (C=N–C) groups is 2. The quantitative estimate of drug-likeness (QED) is 0.584. The molecular weight excluding hydrogens is 160 g/mol. The van der Waals surface area contributed by atoms with Crippen LogP contribution in [0.25, 0.3) is 0 Å². The normalized spacial score (nSPS) is 21.2. The first-order chi connectivity index (χ1) is 6.24. The van der Waals surface area contributed by atoms with Gasteiger partial charge in [-0.3, -0.25) is 0 Å². The summed E-state index contributed by atoms with van der Waals surface area (Å²) in [4.78, 5) is 8.45. The van der Waals surface area contributed by atoms with Crippen LogP contribution in [0, 0.1) is 0 Å². The first-order valence-corrected chi connectivity index (χ1v) is 4.32. The topological polar surface area (TPSA) is 24.7 Å². The molecule has 0 aromatic carbocycles. The molecule has 0 N–H and O–H groups in total. The Balaban J connectivity index is 2.92.